The number of carbonyl (C=O) groups is 3. The fourth-order valence-corrected chi connectivity index (χ4v) is 5.95. The van der Waals surface area contributed by atoms with Gasteiger partial charge in [-0.1, -0.05) is 60.1 Å². The Kier molecular flexibility index (Phi) is 10.4. The van der Waals surface area contributed by atoms with Gasteiger partial charge in [-0.15, -0.1) is 0 Å². The van der Waals surface area contributed by atoms with E-state index in [1.165, 1.54) is 60.6 Å². The number of fused-ring (bicyclic) bond motifs is 1. The van der Waals surface area contributed by atoms with Crippen molar-refractivity contribution in [2.45, 2.75) is 19.0 Å². The fourth-order valence-electron chi connectivity index (χ4n) is 5.78. The number of rotatable bonds is 10. The van der Waals surface area contributed by atoms with Gasteiger partial charge in [0.15, 0.2) is 5.82 Å². The maximum absolute atomic E-state index is 14.7. The lowest BCUT2D eigenvalue weighted by molar-refractivity contribution is -0.136. The van der Waals surface area contributed by atoms with Gasteiger partial charge in [0.25, 0.3) is 11.8 Å². The number of halogens is 2. The Labute approximate surface area is 283 Å². The largest absolute Gasteiger partial charge is 0.478 e. The lowest BCUT2D eigenvalue weighted by Crippen LogP contribution is -2.47. The van der Waals surface area contributed by atoms with Crippen molar-refractivity contribution in [3.8, 4) is 11.1 Å². The Morgan fingerprint density at radius 3 is 2.35 bits per heavy atom. The van der Waals surface area contributed by atoms with Crippen LogP contribution >= 0.6 is 11.6 Å². The zero-order chi connectivity index (χ0) is 34.5. The molecule has 1 aliphatic rings. The molecule has 1 unspecified atom stereocenters. The number of carboxylic acid groups (broad SMARTS) is 1. The third-order valence-corrected chi connectivity index (χ3v) is 8.36. The van der Waals surface area contributed by atoms with E-state index in [0.29, 0.717) is 17.7 Å². The molecule has 0 saturated heterocycles. The summed E-state index contributed by atoms with van der Waals surface area (Å²) < 4.78 is 14.7. The molecular formula is C36H36ClFN6O4. The molecule has 48 heavy (non-hydrogen) atoms. The highest BCUT2D eigenvalue weighted by atomic mass is 35.5. The van der Waals surface area contributed by atoms with E-state index in [1.807, 2.05) is 32.3 Å². The van der Waals surface area contributed by atoms with Gasteiger partial charge in [-0.25, -0.2) is 15.0 Å². The molecular weight excluding hydrogens is 635 g/mol. The summed E-state index contributed by atoms with van der Waals surface area (Å²) in [6.45, 7) is 0.984. The number of nitrogens with two attached hydrogens (primary N) is 1. The molecule has 2 amide bonds. The number of amides is 2. The monoisotopic (exact) mass is 670 g/mol. The Balaban J connectivity index is 1.54. The zero-order valence-electron chi connectivity index (χ0n) is 26.7. The molecule has 5 rings (SSSR count). The van der Waals surface area contributed by atoms with Gasteiger partial charge in [0.1, 0.15) is 11.7 Å². The van der Waals surface area contributed by atoms with Gasteiger partial charge < -0.3 is 25.5 Å². The van der Waals surface area contributed by atoms with E-state index in [-0.39, 0.29) is 28.5 Å². The Morgan fingerprint density at radius 2 is 1.71 bits per heavy atom. The van der Waals surface area contributed by atoms with Crippen molar-refractivity contribution in [1.29, 1.82) is 0 Å². The van der Waals surface area contributed by atoms with Crippen LogP contribution in [-0.4, -0.2) is 60.4 Å². The number of benzene rings is 4. The van der Waals surface area contributed by atoms with Crippen molar-refractivity contribution < 1.29 is 23.9 Å². The fraction of sp³-hybridized carbons (Fsp3) is 0.194. The van der Waals surface area contributed by atoms with Gasteiger partial charge in [-0.3, -0.25) is 14.6 Å². The molecule has 0 bridgehead atoms. The molecule has 4 aromatic carbocycles. The third kappa shape index (κ3) is 7.33. The van der Waals surface area contributed by atoms with E-state index < -0.39 is 29.6 Å². The molecule has 248 valence electrons. The van der Waals surface area contributed by atoms with E-state index in [2.05, 4.69) is 39.8 Å². The zero-order valence-corrected chi connectivity index (χ0v) is 27.5. The second kappa shape index (κ2) is 14.7. The summed E-state index contributed by atoms with van der Waals surface area (Å²) in [6, 6.07) is 23.0. The van der Waals surface area contributed by atoms with E-state index in [0.717, 1.165) is 33.8 Å². The molecule has 12 heteroatoms. The molecule has 0 spiro atoms. The molecule has 0 aliphatic carbocycles. The normalized spacial score (nSPS) is 14.4. The quantitative estimate of drug-likeness (QED) is 0.100. The molecule has 0 aromatic heterocycles. The first-order chi connectivity index (χ1) is 23.0. The first-order valence-electron chi connectivity index (χ1n) is 15.2. The average Bonchev–Trinajstić information content (AvgIpc) is 3.07. The number of nitrogens with zero attached hydrogens (tertiary/aromatic N) is 3. The highest BCUT2D eigenvalue weighted by Gasteiger charge is 2.38. The van der Waals surface area contributed by atoms with Crippen LogP contribution < -0.4 is 21.5 Å². The van der Waals surface area contributed by atoms with Crippen molar-refractivity contribution in [2.75, 3.05) is 38.0 Å². The minimum absolute atomic E-state index is 0.0107. The molecule has 1 atom stereocenters. The molecule has 0 radical (unpaired) electrons. The maximum Gasteiger partial charge on any atom is 0.335 e. The smallest absolute Gasteiger partial charge is 0.335 e. The Morgan fingerprint density at radius 1 is 1.02 bits per heavy atom. The SMILES string of the molecule is CNC(=CN(N)c1cccc(Cl)c1F)C(=O)N1CCc2c(-c3ccc(CN(C)C)cc3)cccc2C1C(=O)Nc1ccc(C(=O)O)cc1. The van der Waals surface area contributed by atoms with Crippen molar-refractivity contribution in [3.05, 3.63) is 130 Å². The predicted molar refractivity (Wildman–Crippen MR) is 185 cm³/mol. The van der Waals surface area contributed by atoms with Crippen LogP contribution in [0.4, 0.5) is 15.8 Å². The van der Waals surface area contributed by atoms with Crippen LogP contribution in [-0.2, 0) is 22.6 Å². The summed E-state index contributed by atoms with van der Waals surface area (Å²) >= 11 is 5.95. The summed E-state index contributed by atoms with van der Waals surface area (Å²) in [5, 5.41) is 15.8. The first kappa shape index (κ1) is 34.1. The summed E-state index contributed by atoms with van der Waals surface area (Å²) in [5.74, 6) is 3.29. The summed E-state index contributed by atoms with van der Waals surface area (Å²) in [4.78, 5) is 43.2. The number of carboxylic acids is 1. The van der Waals surface area contributed by atoms with Crippen molar-refractivity contribution in [2.24, 2.45) is 5.84 Å². The van der Waals surface area contributed by atoms with Crippen LogP contribution in [0.3, 0.4) is 0 Å². The number of hydrogen-bond acceptors (Lipinski definition) is 7. The van der Waals surface area contributed by atoms with Crippen LogP contribution in [0.25, 0.3) is 11.1 Å². The Bertz CT molecular complexity index is 1860. The minimum atomic E-state index is -1.09. The van der Waals surface area contributed by atoms with Crippen LogP contribution in [0.2, 0.25) is 5.02 Å². The van der Waals surface area contributed by atoms with Crippen molar-refractivity contribution >= 4 is 40.8 Å². The predicted octanol–water partition coefficient (Wildman–Crippen LogP) is 5.41. The lowest BCUT2D eigenvalue weighted by Gasteiger charge is -2.38. The van der Waals surface area contributed by atoms with E-state index in [1.54, 1.807) is 0 Å². The lowest BCUT2D eigenvalue weighted by atomic mass is 9.85. The highest BCUT2D eigenvalue weighted by molar-refractivity contribution is 6.31. The van der Waals surface area contributed by atoms with Crippen LogP contribution in [0.1, 0.15) is 33.1 Å². The molecule has 0 saturated carbocycles. The van der Waals surface area contributed by atoms with Crippen LogP contribution in [0.5, 0.6) is 0 Å². The second-order valence-corrected chi connectivity index (χ2v) is 12.0. The topological polar surface area (TPSA) is 131 Å². The average molecular weight is 671 g/mol. The van der Waals surface area contributed by atoms with Crippen molar-refractivity contribution in [1.82, 2.24) is 15.1 Å². The van der Waals surface area contributed by atoms with E-state index in [4.69, 9.17) is 17.4 Å². The summed E-state index contributed by atoms with van der Waals surface area (Å²) in [6.07, 6.45) is 1.71. The summed E-state index contributed by atoms with van der Waals surface area (Å²) in [7, 11) is 5.55. The molecule has 4 aromatic rings. The highest BCUT2D eigenvalue weighted by Crippen LogP contribution is 2.38. The maximum atomic E-state index is 14.7. The number of anilines is 2. The van der Waals surface area contributed by atoms with Gasteiger partial charge in [0, 0.05) is 25.8 Å². The second-order valence-electron chi connectivity index (χ2n) is 11.6. The summed E-state index contributed by atoms with van der Waals surface area (Å²) in [5.41, 5.74) is 5.07. The number of aromatic carboxylic acids is 1. The van der Waals surface area contributed by atoms with Gasteiger partial charge in [0.05, 0.1) is 22.5 Å². The van der Waals surface area contributed by atoms with E-state index in [9.17, 15) is 23.9 Å². The van der Waals surface area contributed by atoms with Crippen LogP contribution in [0, 0.1) is 5.82 Å². The molecule has 0 fully saturated rings. The molecule has 5 N–H and O–H groups in total. The first-order valence-corrected chi connectivity index (χ1v) is 15.5. The molecule has 1 aliphatic heterocycles. The molecule has 1 heterocycles. The number of likely N-dealkylation sites (N-methyl/N-ethyl adjacent to an activating group) is 1. The van der Waals surface area contributed by atoms with Gasteiger partial charge >= 0.3 is 5.97 Å². The minimum Gasteiger partial charge on any atom is -0.478 e. The Hall–Kier alpha value is -5.23. The number of hydrogen-bond donors (Lipinski definition) is 4. The number of nitrogens with one attached hydrogen (secondary N) is 2. The standard InChI is InChI=1S/C36H36ClFN6O4/c1-40-30(21-44(39)31-9-5-8-29(37)32(31)38)35(46)43-19-18-27-26(23-12-10-22(11-13-23)20-42(2)3)6-4-7-28(27)33(43)34(45)41-25-16-14-24(15-17-25)36(47)48/h4-17,21,33,40H,18-20,39H2,1-3H3,(H,41,45)(H,47,48). The third-order valence-electron chi connectivity index (χ3n) is 8.07. The molecule has 10 nitrogen and oxygen atoms in total. The number of hydrazine groups is 1. The van der Waals surface area contributed by atoms with E-state index >= 15 is 0 Å². The van der Waals surface area contributed by atoms with Crippen LogP contribution in [0.15, 0.2) is 96.8 Å². The van der Waals surface area contributed by atoms with Gasteiger partial charge in [-0.05, 0) is 84.7 Å². The van der Waals surface area contributed by atoms with Gasteiger partial charge in [-0.2, -0.15) is 0 Å². The van der Waals surface area contributed by atoms with Gasteiger partial charge in [0.2, 0.25) is 0 Å². The van der Waals surface area contributed by atoms with Crippen molar-refractivity contribution in [3.63, 3.8) is 0 Å². The number of carbonyl (C=O) groups excluding carboxylic acids is 2.